The summed E-state index contributed by atoms with van der Waals surface area (Å²) in [7, 11) is 1.71. The molecule has 1 N–H and O–H groups in total. The highest BCUT2D eigenvalue weighted by atomic mass is 35.5. The second kappa shape index (κ2) is 13.2. The van der Waals surface area contributed by atoms with E-state index in [-0.39, 0.29) is 11.3 Å². The van der Waals surface area contributed by atoms with E-state index in [1.54, 1.807) is 12.6 Å². The van der Waals surface area contributed by atoms with Crippen molar-refractivity contribution >= 4 is 23.2 Å². The highest BCUT2D eigenvalue weighted by Gasteiger charge is 2.49. The minimum atomic E-state index is -0.0533. The molecule has 1 fully saturated rings. The van der Waals surface area contributed by atoms with E-state index in [9.17, 15) is 4.79 Å². The summed E-state index contributed by atoms with van der Waals surface area (Å²) in [4.78, 5) is 15.4. The van der Waals surface area contributed by atoms with E-state index in [1.807, 2.05) is 12.1 Å². The Morgan fingerprint density at radius 2 is 1.84 bits per heavy atom. The Labute approximate surface area is 267 Å². The summed E-state index contributed by atoms with van der Waals surface area (Å²) >= 11 is 6.58. The molecule has 4 aliphatic rings. The molecule has 238 valence electrons. The molecule has 1 amide bonds. The van der Waals surface area contributed by atoms with Crippen molar-refractivity contribution in [2.24, 2.45) is 52.8 Å². The summed E-state index contributed by atoms with van der Waals surface area (Å²) in [6.45, 7) is 19.7. The van der Waals surface area contributed by atoms with Crippen LogP contribution < -0.4 is 15.0 Å². The third-order valence-electron chi connectivity index (χ3n) is 12.6. The topological polar surface area (TPSA) is 41.6 Å². The van der Waals surface area contributed by atoms with Gasteiger partial charge in [0.05, 0.1) is 12.3 Å². The molecule has 0 radical (unpaired) electrons. The zero-order valence-electron chi connectivity index (χ0n) is 28.1. The second-order valence-corrected chi connectivity index (χ2v) is 15.8. The number of fused-ring (bicyclic) bond motifs is 2. The molecule has 3 unspecified atom stereocenters. The number of allylic oxidation sites excluding steroid dienone is 3. The average molecular weight is 609 g/mol. The molecule has 1 aromatic carbocycles. The first-order valence-corrected chi connectivity index (χ1v) is 17.6. The van der Waals surface area contributed by atoms with Gasteiger partial charge in [0.15, 0.2) is 0 Å². The van der Waals surface area contributed by atoms with Gasteiger partial charge in [-0.25, -0.2) is 0 Å². The highest BCUT2D eigenvalue weighted by molar-refractivity contribution is 6.29. The maximum atomic E-state index is 12.8. The number of carbonyl (C=O) groups is 1. The fraction of sp³-hybridized carbons (Fsp3) is 0.711. The van der Waals surface area contributed by atoms with Gasteiger partial charge in [0.25, 0.3) is 5.91 Å². The lowest BCUT2D eigenvalue weighted by molar-refractivity contribution is 0.0197. The van der Waals surface area contributed by atoms with Crippen LogP contribution in [-0.2, 0) is 0 Å². The number of carbonyl (C=O) groups excluding carboxylic acids is 1. The smallest absolute Gasteiger partial charge is 0.251 e. The van der Waals surface area contributed by atoms with Crippen molar-refractivity contribution in [3.05, 3.63) is 46.0 Å². The maximum absolute atomic E-state index is 12.8. The van der Waals surface area contributed by atoms with E-state index < -0.39 is 0 Å². The lowest BCUT2D eigenvalue weighted by Gasteiger charge is -2.52. The van der Waals surface area contributed by atoms with Crippen molar-refractivity contribution in [1.82, 2.24) is 5.32 Å². The zero-order valence-corrected chi connectivity index (χ0v) is 28.9. The molecule has 5 heteroatoms. The number of benzene rings is 1. The van der Waals surface area contributed by atoms with Gasteiger partial charge in [0.1, 0.15) is 5.75 Å². The lowest BCUT2D eigenvalue weighted by Crippen LogP contribution is -2.52. The second-order valence-electron chi connectivity index (χ2n) is 15.3. The minimum Gasteiger partial charge on any atom is -0.490 e. The molecule has 1 spiro atoms. The zero-order chi connectivity index (χ0) is 31.1. The number of ether oxygens (including phenoxy) is 1. The molecule has 43 heavy (non-hydrogen) atoms. The maximum Gasteiger partial charge on any atom is 0.251 e. The molecular weight excluding hydrogens is 552 g/mol. The molecule has 0 saturated heterocycles. The van der Waals surface area contributed by atoms with Crippen molar-refractivity contribution < 1.29 is 9.53 Å². The molecule has 1 aliphatic heterocycles. The first-order valence-electron chi connectivity index (χ1n) is 17.3. The largest absolute Gasteiger partial charge is 0.490 e. The molecule has 5 rings (SSSR count). The number of hydrogen-bond donors (Lipinski definition) is 1. The van der Waals surface area contributed by atoms with Crippen LogP contribution in [-0.4, -0.2) is 32.7 Å². The van der Waals surface area contributed by atoms with Crippen LogP contribution >= 0.6 is 11.6 Å². The van der Waals surface area contributed by atoms with E-state index in [4.69, 9.17) is 16.3 Å². The van der Waals surface area contributed by atoms with Crippen LogP contribution in [0, 0.1) is 52.8 Å². The van der Waals surface area contributed by atoms with Crippen molar-refractivity contribution in [2.75, 3.05) is 31.6 Å². The van der Waals surface area contributed by atoms with Crippen LogP contribution in [0.15, 0.2) is 40.5 Å². The first-order chi connectivity index (χ1) is 20.4. The van der Waals surface area contributed by atoms with Crippen LogP contribution in [0.3, 0.4) is 0 Å². The predicted octanol–water partition coefficient (Wildman–Crippen LogP) is 9.49. The van der Waals surface area contributed by atoms with Crippen LogP contribution in [0.2, 0.25) is 0 Å². The third kappa shape index (κ3) is 6.42. The number of halogens is 1. The summed E-state index contributed by atoms with van der Waals surface area (Å²) in [6.07, 6.45) is 10.4. The Balaban J connectivity index is 1.46. The molecule has 4 nitrogen and oxygen atoms in total. The summed E-state index contributed by atoms with van der Waals surface area (Å²) < 4.78 is 6.77. The van der Waals surface area contributed by atoms with Gasteiger partial charge < -0.3 is 15.0 Å². The van der Waals surface area contributed by atoms with Gasteiger partial charge in [-0.05, 0) is 109 Å². The number of anilines is 1. The Morgan fingerprint density at radius 1 is 1.09 bits per heavy atom. The van der Waals surface area contributed by atoms with E-state index in [2.05, 4.69) is 70.8 Å². The minimum absolute atomic E-state index is 0.0437. The average Bonchev–Trinajstić information content (AvgIpc) is 3.15. The molecule has 1 saturated carbocycles. The Hall–Kier alpha value is -1.94. The number of nitrogens with one attached hydrogen (secondary N) is 1. The van der Waals surface area contributed by atoms with E-state index in [0.717, 1.165) is 78.9 Å². The van der Waals surface area contributed by atoms with Gasteiger partial charge in [0, 0.05) is 36.1 Å². The lowest BCUT2D eigenvalue weighted by atomic mass is 9.58. The fourth-order valence-electron chi connectivity index (χ4n) is 8.71. The van der Waals surface area contributed by atoms with Crippen LogP contribution in [0.25, 0.3) is 0 Å². The Morgan fingerprint density at radius 3 is 2.53 bits per heavy atom. The third-order valence-corrected chi connectivity index (χ3v) is 12.9. The van der Waals surface area contributed by atoms with Gasteiger partial charge in [-0.2, -0.15) is 0 Å². The standard InChI is InChI=1S/C38H57ClN2O2/c1-23(2)24(3)9-10-25(4)28(7)32-17-26(5)33(32)20-41-21-38(27(6)11-12-29-18-31(39)14-15-34(29)38)22-43-36-16-13-30(19-35(36)41)37(42)40-8/h13,16,18-19,23-28,32-33H,9-12,14-15,17,20-22H2,1-8H3,(H,40,42)/t24-,25?,26+,27+,28-,32?,33+,38?/m0/s1. The van der Waals surface area contributed by atoms with Crippen molar-refractivity contribution in [3.63, 3.8) is 0 Å². The van der Waals surface area contributed by atoms with E-state index in [1.165, 1.54) is 24.8 Å². The molecule has 8 atom stereocenters. The molecule has 3 aliphatic carbocycles. The van der Waals surface area contributed by atoms with E-state index >= 15 is 0 Å². The molecule has 0 aromatic heterocycles. The normalized spacial score (nSPS) is 30.8. The summed E-state index contributed by atoms with van der Waals surface area (Å²) in [5.74, 6) is 6.45. The molecule has 1 aromatic rings. The fourth-order valence-corrected chi connectivity index (χ4v) is 8.93. The van der Waals surface area contributed by atoms with Crippen LogP contribution in [0.5, 0.6) is 5.75 Å². The summed E-state index contributed by atoms with van der Waals surface area (Å²) in [5, 5.41) is 3.82. The number of amides is 1. The summed E-state index contributed by atoms with van der Waals surface area (Å²) in [5.41, 5.74) is 4.76. The first kappa shape index (κ1) is 32.5. The van der Waals surface area contributed by atoms with Crippen molar-refractivity contribution in [3.8, 4) is 5.75 Å². The summed E-state index contributed by atoms with van der Waals surface area (Å²) in [6, 6.07) is 6.04. The Bertz CT molecular complexity index is 1240. The van der Waals surface area contributed by atoms with Crippen LogP contribution in [0.1, 0.15) is 104 Å². The van der Waals surface area contributed by atoms with E-state index in [0.29, 0.717) is 35.8 Å². The van der Waals surface area contributed by atoms with Gasteiger partial charge in [0.2, 0.25) is 0 Å². The number of nitrogens with zero attached hydrogens (tertiary/aromatic N) is 1. The Kier molecular flexibility index (Phi) is 9.96. The van der Waals surface area contributed by atoms with Crippen LogP contribution in [0.4, 0.5) is 5.69 Å². The van der Waals surface area contributed by atoms with Gasteiger partial charge >= 0.3 is 0 Å². The quantitative estimate of drug-likeness (QED) is 0.303. The molecular formula is C38H57ClN2O2. The van der Waals surface area contributed by atoms with Crippen molar-refractivity contribution in [2.45, 2.75) is 93.4 Å². The van der Waals surface area contributed by atoms with Crippen molar-refractivity contribution in [1.29, 1.82) is 0 Å². The molecule has 0 bridgehead atoms. The molecule has 1 heterocycles. The van der Waals surface area contributed by atoms with Gasteiger partial charge in [-0.3, -0.25) is 4.79 Å². The number of rotatable bonds is 9. The van der Waals surface area contributed by atoms with Gasteiger partial charge in [-0.1, -0.05) is 78.5 Å². The SMILES string of the molecule is CNC(=O)c1ccc2c(c1)N(C[C@H]1C([C@@H](C)C(C)CC[C@H](C)C(C)C)C[C@H]1C)CC1(CO2)C2=C(C=C(Cl)CC2)CC[C@H]1C. The highest BCUT2D eigenvalue weighted by Crippen LogP contribution is 2.54. The van der Waals surface area contributed by atoms with Gasteiger partial charge in [-0.15, -0.1) is 0 Å². The number of hydrogen-bond acceptors (Lipinski definition) is 3. The predicted molar refractivity (Wildman–Crippen MR) is 181 cm³/mol. The monoisotopic (exact) mass is 608 g/mol.